The lowest BCUT2D eigenvalue weighted by Gasteiger charge is -2.13. The number of amides is 2. The maximum atomic E-state index is 12.6. The largest absolute Gasteiger partial charge is 0.321 e. The zero-order chi connectivity index (χ0) is 19.4. The number of hydrogen-bond donors (Lipinski definition) is 2. The van der Waals surface area contributed by atoms with Crippen LogP contribution >= 0.6 is 0 Å². The van der Waals surface area contributed by atoms with Gasteiger partial charge in [0.2, 0.25) is 0 Å². The molecule has 27 heavy (non-hydrogen) atoms. The number of nitrogens with zero attached hydrogens (tertiary/aromatic N) is 1. The zero-order valence-electron chi connectivity index (χ0n) is 15.5. The van der Waals surface area contributed by atoms with Gasteiger partial charge in [-0.3, -0.25) is 9.59 Å². The van der Waals surface area contributed by atoms with Gasteiger partial charge in [-0.2, -0.15) is 0 Å². The SMILES string of the molecule is Cc1cc(C)c(NC(=O)c2cccc(C(=O)Nc3ccccc3)n2)c(C)c1. The number of hydrogen-bond acceptors (Lipinski definition) is 3. The first kappa shape index (κ1) is 18.3. The zero-order valence-corrected chi connectivity index (χ0v) is 15.5. The fourth-order valence-corrected chi connectivity index (χ4v) is 2.96. The molecule has 0 aliphatic carbocycles. The summed E-state index contributed by atoms with van der Waals surface area (Å²) >= 11 is 0. The van der Waals surface area contributed by atoms with E-state index in [0.717, 1.165) is 22.4 Å². The van der Waals surface area contributed by atoms with E-state index in [2.05, 4.69) is 15.6 Å². The molecule has 136 valence electrons. The summed E-state index contributed by atoms with van der Waals surface area (Å²) in [7, 11) is 0. The number of carbonyl (C=O) groups is 2. The molecule has 2 aromatic carbocycles. The number of benzene rings is 2. The van der Waals surface area contributed by atoms with Crippen LogP contribution < -0.4 is 10.6 Å². The van der Waals surface area contributed by atoms with Gasteiger partial charge in [-0.25, -0.2) is 4.98 Å². The highest BCUT2D eigenvalue weighted by Gasteiger charge is 2.14. The van der Waals surface area contributed by atoms with Gasteiger partial charge in [0.15, 0.2) is 0 Å². The minimum atomic E-state index is -0.362. The molecule has 0 aliphatic heterocycles. The van der Waals surface area contributed by atoms with E-state index in [0.29, 0.717) is 5.69 Å². The first-order chi connectivity index (χ1) is 12.9. The summed E-state index contributed by atoms with van der Waals surface area (Å²) in [6.45, 7) is 5.92. The van der Waals surface area contributed by atoms with Crippen molar-refractivity contribution < 1.29 is 9.59 Å². The summed E-state index contributed by atoms with van der Waals surface area (Å²) in [5.74, 6) is -0.710. The number of aryl methyl sites for hydroxylation is 3. The Labute approximate surface area is 158 Å². The Kier molecular flexibility index (Phi) is 5.31. The molecule has 0 bridgehead atoms. The second-order valence-electron chi connectivity index (χ2n) is 6.46. The van der Waals surface area contributed by atoms with Gasteiger partial charge >= 0.3 is 0 Å². The Morgan fingerprint density at radius 2 is 1.30 bits per heavy atom. The molecule has 0 atom stereocenters. The number of para-hydroxylation sites is 1. The lowest BCUT2D eigenvalue weighted by molar-refractivity contribution is 0.101. The molecule has 2 N–H and O–H groups in total. The van der Waals surface area contributed by atoms with E-state index >= 15 is 0 Å². The second kappa shape index (κ2) is 7.83. The Bertz CT molecular complexity index is 974. The molecular formula is C22H21N3O2. The second-order valence-corrected chi connectivity index (χ2v) is 6.46. The molecule has 3 rings (SSSR count). The summed E-state index contributed by atoms with van der Waals surface area (Å²) in [6, 6.07) is 18.0. The fraction of sp³-hybridized carbons (Fsp3) is 0.136. The highest BCUT2D eigenvalue weighted by molar-refractivity contribution is 6.06. The van der Waals surface area contributed by atoms with Crippen LogP contribution in [0.15, 0.2) is 60.7 Å². The number of anilines is 2. The van der Waals surface area contributed by atoms with Crippen LogP contribution in [0, 0.1) is 20.8 Å². The van der Waals surface area contributed by atoms with Crippen molar-refractivity contribution in [3.8, 4) is 0 Å². The van der Waals surface area contributed by atoms with E-state index in [-0.39, 0.29) is 23.2 Å². The van der Waals surface area contributed by atoms with E-state index in [1.165, 1.54) is 0 Å². The van der Waals surface area contributed by atoms with E-state index in [4.69, 9.17) is 0 Å². The highest BCUT2D eigenvalue weighted by atomic mass is 16.2. The normalized spacial score (nSPS) is 10.3. The van der Waals surface area contributed by atoms with E-state index in [1.807, 2.05) is 51.1 Å². The third-order valence-corrected chi connectivity index (χ3v) is 4.16. The van der Waals surface area contributed by atoms with Crippen molar-refractivity contribution >= 4 is 23.2 Å². The van der Waals surface area contributed by atoms with E-state index < -0.39 is 0 Å². The maximum absolute atomic E-state index is 12.6. The van der Waals surface area contributed by atoms with Crippen LogP contribution in [0.3, 0.4) is 0 Å². The molecule has 0 saturated carbocycles. The van der Waals surface area contributed by atoms with Gasteiger partial charge in [-0.05, 0) is 56.2 Å². The lowest BCUT2D eigenvalue weighted by Crippen LogP contribution is -2.19. The standard InChI is InChI=1S/C22H21N3O2/c1-14-12-15(2)20(16(3)13-14)25-22(27)19-11-7-10-18(24-19)21(26)23-17-8-5-4-6-9-17/h4-13H,1-3H3,(H,23,26)(H,25,27). The van der Waals surface area contributed by atoms with Crippen molar-refractivity contribution in [2.45, 2.75) is 20.8 Å². The van der Waals surface area contributed by atoms with Gasteiger partial charge in [0.1, 0.15) is 11.4 Å². The van der Waals surface area contributed by atoms with Gasteiger partial charge in [0.25, 0.3) is 11.8 Å². The maximum Gasteiger partial charge on any atom is 0.274 e. The molecule has 3 aromatic rings. The summed E-state index contributed by atoms with van der Waals surface area (Å²) in [6.07, 6.45) is 0. The average Bonchev–Trinajstić information content (AvgIpc) is 2.65. The third kappa shape index (κ3) is 4.39. The van der Waals surface area contributed by atoms with Gasteiger partial charge < -0.3 is 10.6 Å². The van der Waals surface area contributed by atoms with Crippen LogP contribution in [0.1, 0.15) is 37.7 Å². The smallest absolute Gasteiger partial charge is 0.274 e. The van der Waals surface area contributed by atoms with Crippen LogP contribution in [0.25, 0.3) is 0 Å². The van der Waals surface area contributed by atoms with Crippen molar-refractivity contribution in [3.05, 3.63) is 88.7 Å². The minimum absolute atomic E-state index is 0.184. The van der Waals surface area contributed by atoms with Crippen LogP contribution in [0.5, 0.6) is 0 Å². The first-order valence-corrected chi connectivity index (χ1v) is 8.66. The first-order valence-electron chi connectivity index (χ1n) is 8.66. The number of aromatic nitrogens is 1. The molecule has 0 unspecified atom stereocenters. The monoisotopic (exact) mass is 359 g/mol. The lowest BCUT2D eigenvalue weighted by atomic mass is 10.0. The predicted molar refractivity (Wildman–Crippen MR) is 107 cm³/mol. The Morgan fingerprint density at radius 3 is 1.89 bits per heavy atom. The summed E-state index contributed by atoms with van der Waals surface area (Å²) in [5.41, 5.74) is 4.92. The van der Waals surface area contributed by atoms with Crippen molar-refractivity contribution in [1.82, 2.24) is 4.98 Å². The summed E-state index contributed by atoms with van der Waals surface area (Å²) in [4.78, 5) is 29.2. The molecule has 0 aliphatic rings. The molecule has 5 heteroatoms. The quantitative estimate of drug-likeness (QED) is 0.720. The van der Waals surface area contributed by atoms with Crippen molar-refractivity contribution in [3.63, 3.8) is 0 Å². The van der Waals surface area contributed by atoms with Gasteiger partial charge in [0, 0.05) is 11.4 Å². The summed E-state index contributed by atoms with van der Waals surface area (Å²) < 4.78 is 0. The average molecular weight is 359 g/mol. The molecule has 0 spiro atoms. The molecule has 1 heterocycles. The Balaban J connectivity index is 1.79. The highest BCUT2D eigenvalue weighted by Crippen LogP contribution is 2.22. The van der Waals surface area contributed by atoms with E-state index in [1.54, 1.807) is 30.3 Å². The van der Waals surface area contributed by atoms with Crippen LogP contribution in [-0.4, -0.2) is 16.8 Å². The fourth-order valence-electron chi connectivity index (χ4n) is 2.96. The molecule has 0 fully saturated rings. The molecule has 0 saturated heterocycles. The minimum Gasteiger partial charge on any atom is -0.321 e. The van der Waals surface area contributed by atoms with Gasteiger partial charge in [-0.15, -0.1) is 0 Å². The molecular weight excluding hydrogens is 338 g/mol. The predicted octanol–water partition coefficient (Wildman–Crippen LogP) is 4.51. The molecule has 5 nitrogen and oxygen atoms in total. The number of carbonyl (C=O) groups excluding carboxylic acids is 2. The molecule has 0 radical (unpaired) electrons. The Hall–Kier alpha value is -3.47. The topological polar surface area (TPSA) is 71.1 Å². The molecule has 1 aromatic heterocycles. The van der Waals surface area contributed by atoms with Crippen molar-refractivity contribution in [1.29, 1.82) is 0 Å². The van der Waals surface area contributed by atoms with Crippen molar-refractivity contribution in [2.24, 2.45) is 0 Å². The number of rotatable bonds is 4. The third-order valence-electron chi connectivity index (χ3n) is 4.16. The number of nitrogens with one attached hydrogen (secondary N) is 2. The molecule has 2 amide bonds. The van der Waals surface area contributed by atoms with Crippen LogP contribution in [-0.2, 0) is 0 Å². The Morgan fingerprint density at radius 1 is 0.741 bits per heavy atom. The van der Waals surface area contributed by atoms with Gasteiger partial charge in [-0.1, -0.05) is 42.0 Å². The van der Waals surface area contributed by atoms with Crippen molar-refractivity contribution in [2.75, 3.05) is 10.6 Å². The summed E-state index contributed by atoms with van der Waals surface area (Å²) in [5, 5.41) is 5.67. The van der Waals surface area contributed by atoms with Crippen LogP contribution in [0.2, 0.25) is 0 Å². The van der Waals surface area contributed by atoms with Gasteiger partial charge in [0.05, 0.1) is 0 Å². The number of pyridine rings is 1. The van der Waals surface area contributed by atoms with E-state index in [9.17, 15) is 9.59 Å². The van der Waals surface area contributed by atoms with Crippen LogP contribution in [0.4, 0.5) is 11.4 Å².